The molecule has 10 rings (SSSR count). The molecule has 0 saturated carbocycles. The average molecular weight is 961 g/mol. The van der Waals surface area contributed by atoms with E-state index in [9.17, 15) is 0 Å². The average Bonchev–Trinajstić information content (AvgIpc) is 3.98. The summed E-state index contributed by atoms with van der Waals surface area (Å²) in [7, 11) is 0. The normalized spacial score (nSPS) is 13.8. The number of nitrogens with zero attached hydrogens (tertiary/aromatic N) is 4. The number of rotatable bonds is 10. The SMILES string of the molecule is CC(C)(C)C1=CN(c2cc(Oc3cc(C(C)(C)c4ccccc4)c4c5ccccc5n(-c5cc(C(C)(C)C)ccn5)c4c3)cc(C(C)(C)C)c2)CN1c1cc(-c2ccccc2)cc(C(C)(C)c2ccccc2)c1. The summed E-state index contributed by atoms with van der Waals surface area (Å²) < 4.78 is 9.67. The maximum Gasteiger partial charge on any atom is 0.137 e. The van der Waals surface area contributed by atoms with Gasteiger partial charge in [-0.25, -0.2) is 4.98 Å². The van der Waals surface area contributed by atoms with Crippen molar-refractivity contribution in [2.75, 3.05) is 16.5 Å². The zero-order chi connectivity index (χ0) is 51.7. The Kier molecular flexibility index (Phi) is 12.3. The van der Waals surface area contributed by atoms with Crippen LogP contribution in [0.5, 0.6) is 11.5 Å². The summed E-state index contributed by atoms with van der Waals surface area (Å²) >= 11 is 0. The Labute approximate surface area is 434 Å². The van der Waals surface area contributed by atoms with Gasteiger partial charge in [-0.05, 0) is 104 Å². The predicted octanol–water partition coefficient (Wildman–Crippen LogP) is 18.1. The Morgan fingerprint density at radius 1 is 0.438 bits per heavy atom. The molecule has 0 spiro atoms. The Balaban J connectivity index is 1.12. The quantitative estimate of drug-likeness (QED) is 0.137. The maximum atomic E-state index is 7.33. The fourth-order valence-electron chi connectivity index (χ4n) is 10.7. The summed E-state index contributed by atoms with van der Waals surface area (Å²) in [5, 5.41) is 2.39. The minimum atomic E-state index is -0.381. The summed E-state index contributed by atoms with van der Waals surface area (Å²) in [6, 6.07) is 64.3. The Morgan fingerprint density at radius 3 is 1.67 bits per heavy atom. The monoisotopic (exact) mass is 961 g/mol. The van der Waals surface area contributed by atoms with Crippen LogP contribution in [0.1, 0.15) is 123 Å². The molecule has 0 N–H and O–H groups in total. The number of aromatic nitrogens is 2. The highest BCUT2D eigenvalue weighted by atomic mass is 16.5. The van der Waals surface area contributed by atoms with E-state index in [1.165, 1.54) is 66.7 Å². The zero-order valence-corrected chi connectivity index (χ0v) is 45.3. The number of pyridine rings is 1. The van der Waals surface area contributed by atoms with E-state index >= 15 is 0 Å². The molecule has 73 heavy (non-hydrogen) atoms. The van der Waals surface area contributed by atoms with Gasteiger partial charge >= 0.3 is 0 Å². The second-order valence-electron chi connectivity index (χ2n) is 24.4. The van der Waals surface area contributed by atoms with Crippen LogP contribution in [0.4, 0.5) is 11.4 Å². The number of benzene rings is 7. The summed E-state index contributed by atoms with van der Waals surface area (Å²) in [6.45, 7) is 30.6. The largest absolute Gasteiger partial charge is 0.457 e. The van der Waals surface area contributed by atoms with E-state index in [2.05, 4.69) is 287 Å². The van der Waals surface area contributed by atoms with Crippen molar-refractivity contribution in [3.8, 4) is 28.4 Å². The Hall–Kier alpha value is -7.37. The van der Waals surface area contributed by atoms with Gasteiger partial charge in [0.05, 0.1) is 17.7 Å². The van der Waals surface area contributed by atoms with Crippen molar-refractivity contribution in [3.63, 3.8) is 0 Å². The number of fused-ring (bicyclic) bond motifs is 3. The molecule has 3 heterocycles. The van der Waals surface area contributed by atoms with Crippen molar-refractivity contribution in [1.29, 1.82) is 0 Å². The predicted molar refractivity (Wildman–Crippen MR) is 309 cm³/mol. The van der Waals surface area contributed by atoms with Crippen molar-refractivity contribution in [3.05, 3.63) is 227 Å². The fraction of sp³-hybridized carbons (Fsp3) is 0.279. The molecule has 7 aromatic carbocycles. The standard InChI is InChI=1S/C68H72N4O/c1-64(2,3)50-33-34-69-62(40-50)72-59-32-24-23-31-57(59)63-58(68(12,13)49-29-21-16-22-30-49)42-56(43-60(63)72)73-55-39-51(65(4,5)6)37-53(41-55)70-44-61(66(7,8)9)71(45-70)54-36-47(46-25-17-14-18-26-46)35-52(38-54)67(10,11)48-27-19-15-20-28-48/h14-44H,45H2,1-13H3. The number of hydrogen-bond donors (Lipinski definition) is 0. The molecule has 1 aliphatic rings. The lowest BCUT2D eigenvalue weighted by molar-refractivity contribution is 0.477. The molecule has 0 bridgehead atoms. The van der Waals surface area contributed by atoms with Crippen LogP contribution in [-0.2, 0) is 21.7 Å². The summed E-state index contributed by atoms with van der Waals surface area (Å²) in [6.07, 6.45) is 4.32. The van der Waals surface area contributed by atoms with E-state index in [1.54, 1.807) is 0 Å². The summed E-state index contributed by atoms with van der Waals surface area (Å²) in [5.41, 5.74) is 14.5. The molecule has 5 heteroatoms. The number of para-hydroxylation sites is 1. The van der Waals surface area contributed by atoms with E-state index in [4.69, 9.17) is 9.72 Å². The first-order valence-corrected chi connectivity index (χ1v) is 26.0. The highest BCUT2D eigenvalue weighted by molar-refractivity contribution is 6.12. The van der Waals surface area contributed by atoms with Crippen LogP contribution in [0.2, 0.25) is 0 Å². The topological polar surface area (TPSA) is 33.5 Å². The lowest BCUT2D eigenvalue weighted by Crippen LogP contribution is -2.31. The van der Waals surface area contributed by atoms with Crippen LogP contribution in [-0.4, -0.2) is 16.2 Å². The van der Waals surface area contributed by atoms with Crippen molar-refractivity contribution in [2.45, 2.75) is 112 Å². The van der Waals surface area contributed by atoms with Crippen LogP contribution in [0.3, 0.4) is 0 Å². The van der Waals surface area contributed by atoms with E-state index in [0.29, 0.717) is 6.67 Å². The molecular formula is C68H72N4O. The number of allylic oxidation sites excluding steroid dienone is 1. The third-order valence-electron chi connectivity index (χ3n) is 15.3. The van der Waals surface area contributed by atoms with Gasteiger partial charge in [0, 0.05) is 68.6 Å². The zero-order valence-electron chi connectivity index (χ0n) is 45.3. The molecule has 370 valence electrons. The van der Waals surface area contributed by atoms with Gasteiger partial charge < -0.3 is 14.5 Å². The molecule has 0 unspecified atom stereocenters. The van der Waals surface area contributed by atoms with Crippen molar-refractivity contribution in [1.82, 2.24) is 9.55 Å². The fourth-order valence-corrected chi connectivity index (χ4v) is 10.7. The smallest absolute Gasteiger partial charge is 0.137 e. The summed E-state index contributed by atoms with van der Waals surface area (Å²) in [4.78, 5) is 10.0. The summed E-state index contributed by atoms with van der Waals surface area (Å²) in [5.74, 6) is 2.46. The van der Waals surface area contributed by atoms with Gasteiger partial charge in [-0.2, -0.15) is 0 Å². The van der Waals surface area contributed by atoms with Gasteiger partial charge in [-0.1, -0.05) is 205 Å². The van der Waals surface area contributed by atoms with Crippen LogP contribution >= 0.6 is 0 Å². The van der Waals surface area contributed by atoms with Gasteiger partial charge in [0.15, 0.2) is 0 Å². The molecule has 0 saturated heterocycles. The molecular weight excluding hydrogens is 889 g/mol. The van der Waals surface area contributed by atoms with Crippen LogP contribution in [0.15, 0.2) is 194 Å². The first kappa shape index (κ1) is 49.2. The van der Waals surface area contributed by atoms with Crippen LogP contribution in [0.25, 0.3) is 38.8 Å². The van der Waals surface area contributed by atoms with Gasteiger partial charge in [0.1, 0.15) is 17.3 Å². The molecule has 0 aliphatic carbocycles. The Morgan fingerprint density at radius 2 is 1.03 bits per heavy atom. The van der Waals surface area contributed by atoms with Crippen molar-refractivity contribution < 1.29 is 4.74 Å². The van der Waals surface area contributed by atoms with Crippen molar-refractivity contribution in [2.24, 2.45) is 5.41 Å². The minimum Gasteiger partial charge on any atom is -0.457 e. The molecule has 0 amide bonds. The Bertz CT molecular complexity index is 3510. The van der Waals surface area contributed by atoms with Crippen LogP contribution < -0.4 is 14.5 Å². The minimum absolute atomic E-state index is 0.0510. The van der Waals surface area contributed by atoms with Gasteiger partial charge in [0.25, 0.3) is 0 Å². The van der Waals surface area contributed by atoms with Gasteiger partial charge in [-0.3, -0.25) is 4.57 Å². The third kappa shape index (κ3) is 9.47. The molecule has 0 fully saturated rings. The number of anilines is 2. The highest BCUT2D eigenvalue weighted by Crippen LogP contribution is 2.47. The second-order valence-corrected chi connectivity index (χ2v) is 24.4. The highest BCUT2D eigenvalue weighted by Gasteiger charge is 2.35. The molecule has 1 aliphatic heterocycles. The van der Waals surface area contributed by atoms with E-state index < -0.39 is 0 Å². The van der Waals surface area contributed by atoms with Gasteiger partial charge in [0.2, 0.25) is 0 Å². The molecule has 9 aromatic rings. The second kappa shape index (κ2) is 18.3. The first-order chi connectivity index (χ1) is 34.6. The molecule has 0 radical (unpaired) electrons. The molecule has 5 nitrogen and oxygen atoms in total. The number of hydrogen-bond acceptors (Lipinski definition) is 4. The molecule has 0 atom stereocenters. The molecule has 2 aromatic heterocycles. The lowest BCUT2D eigenvalue weighted by atomic mass is 9.76. The van der Waals surface area contributed by atoms with Crippen molar-refractivity contribution >= 4 is 33.2 Å². The lowest BCUT2D eigenvalue weighted by Gasteiger charge is -2.33. The van der Waals surface area contributed by atoms with E-state index in [-0.39, 0.29) is 27.1 Å². The van der Waals surface area contributed by atoms with E-state index in [1.807, 2.05) is 6.20 Å². The van der Waals surface area contributed by atoms with Crippen LogP contribution in [0, 0.1) is 5.41 Å². The number of ether oxygens (including phenoxy) is 1. The maximum absolute atomic E-state index is 7.33. The van der Waals surface area contributed by atoms with Gasteiger partial charge in [-0.15, -0.1) is 0 Å². The van der Waals surface area contributed by atoms with E-state index in [0.717, 1.165) is 34.0 Å². The first-order valence-electron chi connectivity index (χ1n) is 26.0. The third-order valence-corrected chi connectivity index (χ3v) is 15.3.